The van der Waals surface area contributed by atoms with Gasteiger partial charge in [-0.05, 0) is 48.5 Å². The second kappa shape index (κ2) is 10.1. The Morgan fingerprint density at radius 3 is 2.31 bits per heavy atom. The first-order valence-corrected chi connectivity index (χ1v) is 10.6. The van der Waals surface area contributed by atoms with Gasteiger partial charge >= 0.3 is 5.69 Å². The van der Waals surface area contributed by atoms with Gasteiger partial charge in [-0.3, -0.25) is 15.0 Å². The van der Waals surface area contributed by atoms with E-state index in [1.165, 1.54) is 50.6 Å². The van der Waals surface area contributed by atoms with E-state index in [-0.39, 0.29) is 28.2 Å². The van der Waals surface area contributed by atoms with Crippen LogP contribution in [0.25, 0.3) is 10.9 Å². The average molecular weight is 492 g/mol. The highest BCUT2D eigenvalue weighted by Crippen LogP contribution is 2.38. The molecule has 4 aromatic rings. The summed E-state index contributed by atoms with van der Waals surface area (Å²) in [5.74, 6) is -1.08. The number of nitrogens with zero attached hydrogens (tertiary/aromatic N) is 1. The molecule has 0 saturated heterocycles. The lowest BCUT2D eigenvalue weighted by molar-refractivity contribution is -0.118. The largest absolute Gasteiger partial charge is 0.493 e. The number of hydrogen-bond donors (Lipinski definition) is 3. The molecule has 0 unspecified atom stereocenters. The molecule has 1 amide bonds. The number of hydrogen-bond acceptors (Lipinski definition) is 7. The Balaban J connectivity index is 1.63. The van der Waals surface area contributed by atoms with Crippen molar-refractivity contribution in [2.24, 2.45) is 0 Å². The molecule has 184 valence electrons. The van der Waals surface area contributed by atoms with Crippen LogP contribution in [0.15, 0.2) is 70.3 Å². The van der Waals surface area contributed by atoms with Crippen LogP contribution in [0, 0.1) is 11.2 Å². The maximum Gasteiger partial charge on any atom is 0.334 e. The summed E-state index contributed by atoms with van der Waals surface area (Å²) in [4.78, 5) is 40.4. The van der Waals surface area contributed by atoms with Gasteiger partial charge in [0.25, 0.3) is 11.5 Å². The number of halogens is 1. The molecular formula is C25H21FN4O6. The van der Waals surface area contributed by atoms with Gasteiger partial charge in [-0.15, -0.1) is 0 Å². The van der Waals surface area contributed by atoms with Gasteiger partial charge in [-0.25, -0.2) is 13.8 Å². The van der Waals surface area contributed by atoms with Crippen LogP contribution in [0.1, 0.15) is 5.56 Å². The van der Waals surface area contributed by atoms with Crippen LogP contribution in [0.5, 0.6) is 17.2 Å². The van der Waals surface area contributed by atoms with Crippen LogP contribution in [-0.4, -0.2) is 42.1 Å². The van der Waals surface area contributed by atoms with Gasteiger partial charge in [0.15, 0.2) is 18.1 Å². The van der Waals surface area contributed by atoms with E-state index >= 15 is 0 Å². The second-order valence-electron chi connectivity index (χ2n) is 7.52. The van der Waals surface area contributed by atoms with E-state index in [0.29, 0.717) is 15.8 Å². The third kappa shape index (κ3) is 4.80. The molecule has 0 spiro atoms. The SMILES string of the molecule is COc1cc(C(=N)n2c(=O)[nH]c3ccccc3c2=O)cc(OC)c1OCC(=O)Nc1ccc(F)cc1. The summed E-state index contributed by atoms with van der Waals surface area (Å²) in [7, 11) is 2.70. The fraction of sp³-hybridized carbons (Fsp3) is 0.120. The maximum absolute atomic E-state index is 13.1. The maximum atomic E-state index is 13.1. The van der Waals surface area contributed by atoms with Crippen LogP contribution >= 0.6 is 0 Å². The summed E-state index contributed by atoms with van der Waals surface area (Å²) in [5, 5.41) is 11.4. The van der Waals surface area contributed by atoms with E-state index in [0.717, 1.165) is 0 Å². The van der Waals surface area contributed by atoms with E-state index in [2.05, 4.69) is 10.3 Å². The molecule has 0 aliphatic heterocycles. The molecule has 3 N–H and O–H groups in total. The molecule has 1 heterocycles. The molecule has 10 nitrogen and oxygen atoms in total. The van der Waals surface area contributed by atoms with Crippen LogP contribution in [0.4, 0.5) is 10.1 Å². The van der Waals surface area contributed by atoms with Crippen molar-refractivity contribution in [1.29, 1.82) is 5.41 Å². The Morgan fingerprint density at radius 1 is 1.03 bits per heavy atom. The number of nitrogens with one attached hydrogen (secondary N) is 3. The number of carbonyl (C=O) groups excluding carboxylic acids is 1. The summed E-state index contributed by atoms with van der Waals surface area (Å²) in [6, 6.07) is 14.5. The molecule has 1 aromatic heterocycles. The highest BCUT2D eigenvalue weighted by Gasteiger charge is 2.20. The monoisotopic (exact) mass is 492 g/mol. The number of anilines is 1. The van der Waals surface area contributed by atoms with Gasteiger partial charge in [-0.2, -0.15) is 0 Å². The summed E-state index contributed by atoms with van der Waals surface area (Å²) in [6.07, 6.45) is 0. The minimum Gasteiger partial charge on any atom is -0.493 e. The third-order valence-electron chi connectivity index (χ3n) is 5.24. The van der Waals surface area contributed by atoms with E-state index in [1.807, 2.05) is 0 Å². The highest BCUT2D eigenvalue weighted by atomic mass is 19.1. The molecule has 0 aliphatic rings. The first kappa shape index (κ1) is 24.2. The van der Waals surface area contributed by atoms with E-state index < -0.39 is 35.4 Å². The Labute approximate surface area is 203 Å². The molecular weight excluding hydrogens is 471 g/mol. The first-order valence-electron chi connectivity index (χ1n) is 10.6. The van der Waals surface area contributed by atoms with Crippen molar-refractivity contribution in [3.63, 3.8) is 0 Å². The number of H-pyrrole nitrogens is 1. The fourth-order valence-electron chi connectivity index (χ4n) is 3.52. The lowest BCUT2D eigenvalue weighted by Gasteiger charge is -2.17. The standard InChI is InChI=1S/C25H21FN4O6/c1-34-19-11-14(23(27)30-24(32)17-5-3-4-6-18(17)29-25(30)33)12-20(35-2)22(19)36-13-21(31)28-16-9-7-15(26)8-10-16/h3-12,27H,13H2,1-2H3,(H,28,31)(H,29,33). The predicted octanol–water partition coefficient (Wildman–Crippen LogP) is 2.74. The number of para-hydroxylation sites is 1. The van der Waals surface area contributed by atoms with Crippen LogP contribution < -0.4 is 30.8 Å². The molecule has 4 rings (SSSR count). The number of benzene rings is 3. The van der Waals surface area contributed by atoms with E-state index in [4.69, 9.17) is 19.6 Å². The molecule has 0 saturated carbocycles. The normalized spacial score (nSPS) is 10.6. The lowest BCUT2D eigenvalue weighted by atomic mass is 10.1. The molecule has 11 heteroatoms. The Morgan fingerprint density at radius 2 is 1.67 bits per heavy atom. The number of methoxy groups -OCH3 is 2. The van der Waals surface area contributed by atoms with Crippen molar-refractivity contribution in [2.45, 2.75) is 0 Å². The Bertz CT molecular complexity index is 1550. The van der Waals surface area contributed by atoms with E-state index in [1.54, 1.807) is 24.3 Å². The average Bonchev–Trinajstić information content (AvgIpc) is 2.88. The molecule has 3 aromatic carbocycles. The molecule has 0 atom stereocenters. The zero-order valence-corrected chi connectivity index (χ0v) is 19.3. The Kier molecular flexibility index (Phi) is 6.81. The van der Waals surface area contributed by atoms with Crippen LogP contribution in [-0.2, 0) is 4.79 Å². The fourth-order valence-corrected chi connectivity index (χ4v) is 3.52. The quantitative estimate of drug-likeness (QED) is 0.268. The van der Waals surface area contributed by atoms with Crippen molar-refractivity contribution >= 4 is 28.3 Å². The van der Waals surface area contributed by atoms with Crippen molar-refractivity contribution in [1.82, 2.24) is 9.55 Å². The van der Waals surface area contributed by atoms with Crippen molar-refractivity contribution in [2.75, 3.05) is 26.1 Å². The lowest BCUT2D eigenvalue weighted by Crippen LogP contribution is -2.40. The zero-order chi connectivity index (χ0) is 25.8. The van der Waals surface area contributed by atoms with Gasteiger partial charge in [0.2, 0.25) is 5.75 Å². The topological polar surface area (TPSA) is 136 Å². The van der Waals surface area contributed by atoms with Crippen molar-refractivity contribution in [3.8, 4) is 17.2 Å². The Hall–Kier alpha value is -4.93. The third-order valence-corrected chi connectivity index (χ3v) is 5.24. The number of fused-ring (bicyclic) bond motifs is 1. The molecule has 0 radical (unpaired) electrons. The minimum absolute atomic E-state index is 0.0746. The number of carbonyl (C=O) groups is 1. The van der Waals surface area contributed by atoms with Gasteiger partial charge < -0.3 is 24.5 Å². The van der Waals surface area contributed by atoms with Crippen LogP contribution in [0.3, 0.4) is 0 Å². The smallest absolute Gasteiger partial charge is 0.334 e. The van der Waals surface area contributed by atoms with Crippen molar-refractivity contribution < 1.29 is 23.4 Å². The number of aromatic nitrogens is 2. The molecule has 0 fully saturated rings. The number of aromatic amines is 1. The number of rotatable bonds is 7. The number of ether oxygens (including phenoxy) is 3. The minimum atomic E-state index is -0.778. The van der Waals surface area contributed by atoms with Gasteiger partial charge in [0.1, 0.15) is 11.7 Å². The summed E-state index contributed by atoms with van der Waals surface area (Å²) >= 11 is 0. The first-order chi connectivity index (χ1) is 17.3. The zero-order valence-electron chi connectivity index (χ0n) is 19.3. The summed E-state index contributed by atoms with van der Waals surface area (Å²) < 4.78 is 30.1. The predicted molar refractivity (Wildman–Crippen MR) is 131 cm³/mol. The molecule has 36 heavy (non-hydrogen) atoms. The molecule has 0 bridgehead atoms. The summed E-state index contributed by atoms with van der Waals surface area (Å²) in [5.41, 5.74) is -0.558. The van der Waals surface area contributed by atoms with E-state index in [9.17, 15) is 18.8 Å². The van der Waals surface area contributed by atoms with Gasteiger partial charge in [0.05, 0.1) is 25.1 Å². The molecule has 0 aliphatic carbocycles. The van der Waals surface area contributed by atoms with Gasteiger partial charge in [-0.1, -0.05) is 12.1 Å². The summed E-state index contributed by atoms with van der Waals surface area (Å²) in [6.45, 7) is -0.426. The van der Waals surface area contributed by atoms with Crippen molar-refractivity contribution in [3.05, 3.63) is 92.9 Å². The van der Waals surface area contributed by atoms with Crippen LogP contribution in [0.2, 0.25) is 0 Å². The number of amides is 1. The second-order valence-corrected chi connectivity index (χ2v) is 7.52. The van der Waals surface area contributed by atoms with Gasteiger partial charge in [0, 0.05) is 11.3 Å². The highest BCUT2D eigenvalue weighted by molar-refractivity contribution is 6.00.